The van der Waals surface area contributed by atoms with E-state index in [1.165, 1.54) is 19.3 Å². The second-order valence-electron chi connectivity index (χ2n) is 1.38. The number of allylic oxidation sites excluding steroid dienone is 3. The summed E-state index contributed by atoms with van der Waals surface area (Å²) in [6.45, 7) is 6.58. The molecule has 0 spiro atoms. The maximum absolute atomic E-state index is 12.4. The van der Waals surface area contributed by atoms with Gasteiger partial charge >= 0.3 is 0 Å². The standard InChI is InChI=1S/C7H9FO/c1-4-5-7(8)6(2)9-3/h4-5H,1-2H2,3H3/b7-5+. The van der Waals surface area contributed by atoms with Gasteiger partial charge in [-0.1, -0.05) is 19.2 Å². The summed E-state index contributed by atoms with van der Waals surface area (Å²) in [6, 6.07) is 0. The third-order valence-corrected chi connectivity index (χ3v) is 0.777. The van der Waals surface area contributed by atoms with Crippen molar-refractivity contribution < 1.29 is 9.13 Å². The minimum Gasteiger partial charge on any atom is -0.494 e. The molecule has 50 valence electrons. The van der Waals surface area contributed by atoms with Crippen LogP contribution in [0.4, 0.5) is 4.39 Å². The largest absolute Gasteiger partial charge is 0.494 e. The van der Waals surface area contributed by atoms with E-state index in [0.29, 0.717) is 0 Å². The first kappa shape index (κ1) is 7.95. The van der Waals surface area contributed by atoms with Gasteiger partial charge in [0.2, 0.25) is 0 Å². The van der Waals surface area contributed by atoms with Gasteiger partial charge in [0.05, 0.1) is 7.11 Å². The van der Waals surface area contributed by atoms with Crippen molar-refractivity contribution in [1.82, 2.24) is 0 Å². The highest BCUT2D eigenvalue weighted by Crippen LogP contribution is 2.08. The number of halogens is 1. The van der Waals surface area contributed by atoms with E-state index >= 15 is 0 Å². The van der Waals surface area contributed by atoms with Crippen LogP contribution in [0.25, 0.3) is 0 Å². The average Bonchev–Trinajstić information content (AvgIpc) is 1.87. The van der Waals surface area contributed by atoms with Crippen molar-refractivity contribution in [2.45, 2.75) is 0 Å². The van der Waals surface area contributed by atoms with Gasteiger partial charge in [-0.15, -0.1) is 0 Å². The summed E-state index contributed by atoms with van der Waals surface area (Å²) >= 11 is 0. The smallest absolute Gasteiger partial charge is 0.164 e. The van der Waals surface area contributed by atoms with Crippen molar-refractivity contribution in [1.29, 1.82) is 0 Å². The zero-order valence-corrected chi connectivity index (χ0v) is 5.36. The molecular weight excluding hydrogens is 119 g/mol. The monoisotopic (exact) mass is 128 g/mol. The molecular formula is C7H9FO. The average molecular weight is 128 g/mol. The summed E-state index contributed by atoms with van der Waals surface area (Å²) in [6.07, 6.45) is 2.52. The van der Waals surface area contributed by atoms with E-state index < -0.39 is 5.83 Å². The Kier molecular flexibility index (Phi) is 3.44. The predicted octanol–water partition coefficient (Wildman–Crippen LogP) is 2.19. The number of rotatable bonds is 3. The first-order chi connectivity index (χ1) is 4.22. The van der Waals surface area contributed by atoms with Crippen molar-refractivity contribution >= 4 is 0 Å². The van der Waals surface area contributed by atoms with Crippen molar-refractivity contribution in [3.05, 3.63) is 36.9 Å². The van der Waals surface area contributed by atoms with E-state index in [1.54, 1.807) is 0 Å². The number of ether oxygens (including phenoxy) is 1. The van der Waals surface area contributed by atoms with Gasteiger partial charge in [0, 0.05) is 0 Å². The molecule has 0 bridgehead atoms. The Morgan fingerprint density at radius 2 is 2.22 bits per heavy atom. The van der Waals surface area contributed by atoms with E-state index in [4.69, 9.17) is 0 Å². The van der Waals surface area contributed by atoms with Gasteiger partial charge in [-0.05, 0) is 6.08 Å². The molecule has 0 aromatic carbocycles. The van der Waals surface area contributed by atoms with Crippen LogP contribution in [0.1, 0.15) is 0 Å². The van der Waals surface area contributed by atoms with Crippen LogP contribution in [0.3, 0.4) is 0 Å². The highest BCUT2D eigenvalue weighted by molar-refractivity contribution is 5.19. The molecule has 0 aromatic rings. The van der Waals surface area contributed by atoms with Crippen molar-refractivity contribution in [2.24, 2.45) is 0 Å². The van der Waals surface area contributed by atoms with Crippen LogP contribution in [-0.2, 0) is 4.74 Å². The van der Waals surface area contributed by atoms with Crippen molar-refractivity contribution in [3.63, 3.8) is 0 Å². The summed E-state index contributed by atoms with van der Waals surface area (Å²) in [5.41, 5.74) is 0. The molecule has 0 atom stereocenters. The molecule has 0 fully saturated rings. The van der Waals surface area contributed by atoms with E-state index in [0.717, 1.165) is 0 Å². The zero-order chi connectivity index (χ0) is 7.28. The van der Waals surface area contributed by atoms with Crippen LogP contribution in [0.15, 0.2) is 36.9 Å². The van der Waals surface area contributed by atoms with Gasteiger partial charge in [-0.25, -0.2) is 4.39 Å². The Bertz CT molecular complexity index is 147. The molecule has 0 amide bonds. The molecule has 0 unspecified atom stereocenters. The highest BCUT2D eigenvalue weighted by Gasteiger charge is 1.95. The van der Waals surface area contributed by atoms with Crippen LogP contribution < -0.4 is 0 Å². The maximum Gasteiger partial charge on any atom is 0.164 e. The molecule has 0 rings (SSSR count). The lowest BCUT2D eigenvalue weighted by atomic mass is 10.4. The molecule has 0 saturated heterocycles. The Balaban J connectivity index is 4.01. The van der Waals surface area contributed by atoms with Crippen LogP contribution in [0.5, 0.6) is 0 Å². The Labute approximate surface area is 54.1 Å². The molecule has 2 heteroatoms. The number of hydrogen-bond acceptors (Lipinski definition) is 1. The third kappa shape index (κ3) is 2.69. The molecule has 0 aliphatic carbocycles. The predicted molar refractivity (Wildman–Crippen MR) is 35.5 cm³/mol. The molecule has 0 aliphatic rings. The third-order valence-electron chi connectivity index (χ3n) is 0.777. The van der Waals surface area contributed by atoms with Crippen molar-refractivity contribution in [2.75, 3.05) is 7.11 Å². The van der Waals surface area contributed by atoms with Crippen LogP contribution in [0, 0.1) is 0 Å². The lowest BCUT2D eigenvalue weighted by Gasteiger charge is -1.97. The van der Waals surface area contributed by atoms with Gasteiger partial charge in [0.1, 0.15) is 5.76 Å². The minimum absolute atomic E-state index is 0.0231. The van der Waals surface area contributed by atoms with E-state index in [1.807, 2.05) is 0 Å². The Hall–Kier alpha value is -1.05. The molecule has 0 aromatic heterocycles. The normalized spacial score (nSPS) is 10.7. The molecule has 0 radical (unpaired) electrons. The van der Waals surface area contributed by atoms with Gasteiger partial charge in [0.25, 0.3) is 0 Å². The van der Waals surface area contributed by atoms with Crippen molar-refractivity contribution in [3.8, 4) is 0 Å². The summed E-state index contributed by atoms with van der Waals surface area (Å²) < 4.78 is 16.8. The number of methoxy groups -OCH3 is 1. The lowest BCUT2D eigenvalue weighted by Crippen LogP contribution is -1.82. The molecule has 0 saturated carbocycles. The van der Waals surface area contributed by atoms with Crippen LogP contribution >= 0.6 is 0 Å². The molecule has 0 heterocycles. The zero-order valence-electron chi connectivity index (χ0n) is 5.36. The fraction of sp³-hybridized carbons (Fsp3) is 0.143. The quantitative estimate of drug-likeness (QED) is 0.418. The molecule has 1 nitrogen and oxygen atoms in total. The Morgan fingerprint density at radius 3 is 2.56 bits per heavy atom. The summed E-state index contributed by atoms with van der Waals surface area (Å²) in [5.74, 6) is -0.470. The van der Waals surface area contributed by atoms with Gasteiger partial charge in [-0.3, -0.25) is 0 Å². The van der Waals surface area contributed by atoms with Crippen LogP contribution in [0.2, 0.25) is 0 Å². The summed E-state index contributed by atoms with van der Waals surface area (Å²) in [7, 11) is 1.36. The molecule has 0 N–H and O–H groups in total. The van der Waals surface area contributed by atoms with E-state index in [2.05, 4.69) is 17.9 Å². The highest BCUT2D eigenvalue weighted by atomic mass is 19.1. The minimum atomic E-state index is -0.493. The summed E-state index contributed by atoms with van der Waals surface area (Å²) in [4.78, 5) is 0. The second kappa shape index (κ2) is 3.89. The molecule has 9 heavy (non-hydrogen) atoms. The topological polar surface area (TPSA) is 9.23 Å². The fourth-order valence-corrected chi connectivity index (χ4v) is 0.294. The first-order valence-electron chi connectivity index (χ1n) is 2.44. The van der Waals surface area contributed by atoms with Gasteiger partial charge < -0.3 is 4.74 Å². The SMILES string of the molecule is C=C/C=C(/F)C(=C)OC. The molecule has 0 aliphatic heterocycles. The van der Waals surface area contributed by atoms with Gasteiger partial charge in [-0.2, -0.15) is 0 Å². The maximum atomic E-state index is 12.4. The number of hydrogen-bond donors (Lipinski definition) is 0. The summed E-state index contributed by atoms with van der Waals surface area (Å²) in [5, 5.41) is 0. The first-order valence-corrected chi connectivity index (χ1v) is 2.44. The van der Waals surface area contributed by atoms with Crippen LogP contribution in [-0.4, -0.2) is 7.11 Å². The lowest BCUT2D eigenvalue weighted by molar-refractivity contribution is 0.285. The second-order valence-corrected chi connectivity index (χ2v) is 1.38. The van der Waals surface area contributed by atoms with E-state index in [-0.39, 0.29) is 5.76 Å². The Morgan fingerprint density at radius 1 is 1.67 bits per heavy atom. The van der Waals surface area contributed by atoms with Gasteiger partial charge in [0.15, 0.2) is 5.83 Å². The fourth-order valence-electron chi connectivity index (χ4n) is 0.294. The van der Waals surface area contributed by atoms with E-state index in [9.17, 15) is 4.39 Å².